The molecule has 0 spiro atoms. The van der Waals surface area contributed by atoms with E-state index in [-0.39, 0.29) is 11.9 Å². The molecule has 0 bridgehead atoms. The van der Waals surface area contributed by atoms with Crippen molar-refractivity contribution >= 4 is 0 Å². The van der Waals surface area contributed by atoms with Crippen LogP contribution in [0.2, 0.25) is 0 Å². The summed E-state index contributed by atoms with van der Waals surface area (Å²) in [4.78, 5) is 0. The molecule has 1 atom stereocenters. The number of halogens is 1. The van der Waals surface area contributed by atoms with Crippen LogP contribution in [0.3, 0.4) is 0 Å². The maximum atomic E-state index is 13.8. The zero-order chi connectivity index (χ0) is 11.5. The van der Waals surface area contributed by atoms with E-state index in [0.29, 0.717) is 17.7 Å². The molecule has 1 aromatic carbocycles. The lowest BCUT2D eigenvalue weighted by Crippen LogP contribution is -2.24. The van der Waals surface area contributed by atoms with Crippen molar-refractivity contribution in [2.75, 3.05) is 7.11 Å². The molecule has 1 fully saturated rings. The second kappa shape index (κ2) is 4.83. The molecule has 0 saturated heterocycles. The molecular formula is C13H18FNO. The van der Waals surface area contributed by atoms with Gasteiger partial charge in [0.05, 0.1) is 7.11 Å². The van der Waals surface area contributed by atoms with E-state index in [2.05, 4.69) is 0 Å². The summed E-state index contributed by atoms with van der Waals surface area (Å²) < 4.78 is 18.8. The third-order valence-electron chi connectivity index (χ3n) is 3.08. The smallest absolute Gasteiger partial charge is 0.168 e. The highest BCUT2D eigenvalue weighted by molar-refractivity contribution is 5.31. The van der Waals surface area contributed by atoms with Gasteiger partial charge in [0.15, 0.2) is 11.6 Å². The van der Waals surface area contributed by atoms with Crippen LogP contribution in [0.5, 0.6) is 5.75 Å². The summed E-state index contributed by atoms with van der Waals surface area (Å²) >= 11 is 0. The van der Waals surface area contributed by atoms with Gasteiger partial charge >= 0.3 is 0 Å². The fourth-order valence-corrected chi connectivity index (χ4v) is 2.02. The Balaban J connectivity index is 2.01. The lowest BCUT2D eigenvalue weighted by molar-refractivity contribution is 0.383. The predicted molar refractivity (Wildman–Crippen MR) is 62.0 cm³/mol. The number of nitrogens with two attached hydrogens (primary N) is 1. The topological polar surface area (TPSA) is 35.2 Å². The van der Waals surface area contributed by atoms with Gasteiger partial charge in [0.1, 0.15) is 0 Å². The van der Waals surface area contributed by atoms with E-state index in [1.807, 2.05) is 0 Å². The minimum Gasteiger partial charge on any atom is -0.494 e. The van der Waals surface area contributed by atoms with Crippen LogP contribution in [-0.4, -0.2) is 13.2 Å². The molecule has 1 unspecified atom stereocenters. The average molecular weight is 223 g/mol. The van der Waals surface area contributed by atoms with E-state index in [9.17, 15) is 4.39 Å². The lowest BCUT2D eigenvalue weighted by Gasteiger charge is -2.12. The maximum Gasteiger partial charge on any atom is 0.168 e. The molecule has 1 saturated carbocycles. The molecule has 3 heteroatoms. The van der Waals surface area contributed by atoms with Crippen molar-refractivity contribution in [1.82, 2.24) is 0 Å². The summed E-state index contributed by atoms with van der Waals surface area (Å²) in [6.07, 6.45) is 4.18. The maximum absolute atomic E-state index is 13.8. The summed E-state index contributed by atoms with van der Waals surface area (Å²) in [5, 5.41) is 0. The predicted octanol–water partition coefficient (Wildman–Crippen LogP) is 2.50. The molecule has 0 aliphatic heterocycles. The first-order valence-corrected chi connectivity index (χ1v) is 5.77. The second-order valence-corrected chi connectivity index (χ2v) is 4.58. The Bertz CT molecular complexity index is 363. The molecule has 1 aliphatic rings. The number of rotatable bonds is 5. The fraction of sp³-hybridized carbons (Fsp3) is 0.538. The van der Waals surface area contributed by atoms with Crippen LogP contribution in [0.15, 0.2) is 18.2 Å². The molecule has 1 aromatic rings. The molecule has 0 aromatic heterocycles. The molecule has 0 heterocycles. The zero-order valence-electron chi connectivity index (χ0n) is 9.58. The second-order valence-electron chi connectivity index (χ2n) is 4.58. The van der Waals surface area contributed by atoms with Crippen molar-refractivity contribution in [2.45, 2.75) is 31.7 Å². The fourth-order valence-electron chi connectivity index (χ4n) is 2.02. The Morgan fingerprint density at radius 3 is 2.88 bits per heavy atom. The van der Waals surface area contributed by atoms with Gasteiger partial charge in [-0.3, -0.25) is 0 Å². The SMILES string of the molecule is COc1cccc(CC(N)CC2CC2)c1F. The molecule has 2 N–H and O–H groups in total. The first kappa shape index (κ1) is 11.4. The molecular weight excluding hydrogens is 205 g/mol. The van der Waals surface area contributed by atoms with E-state index < -0.39 is 0 Å². The van der Waals surface area contributed by atoms with Crippen LogP contribution in [0, 0.1) is 11.7 Å². The Morgan fingerprint density at radius 2 is 2.25 bits per heavy atom. The lowest BCUT2D eigenvalue weighted by atomic mass is 10.0. The highest BCUT2D eigenvalue weighted by atomic mass is 19.1. The van der Waals surface area contributed by atoms with Gasteiger partial charge in [-0.1, -0.05) is 25.0 Å². The molecule has 0 amide bonds. The number of ether oxygens (including phenoxy) is 1. The monoisotopic (exact) mass is 223 g/mol. The summed E-state index contributed by atoms with van der Waals surface area (Å²) in [5.74, 6) is 0.816. The van der Waals surface area contributed by atoms with Crippen LogP contribution in [0.1, 0.15) is 24.8 Å². The Kier molecular flexibility index (Phi) is 3.44. The van der Waals surface area contributed by atoms with E-state index in [1.165, 1.54) is 20.0 Å². The van der Waals surface area contributed by atoms with E-state index >= 15 is 0 Å². The van der Waals surface area contributed by atoms with Gasteiger partial charge in [-0.2, -0.15) is 0 Å². The minimum absolute atomic E-state index is 0.0640. The Hall–Kier alpha value is -1.09. The average Bonchev–Trinajstić information content (AvgIpc) is 3.05. The van der Waals surface area contributed by atoms with E-state index in [0.717, 1.165) is 12.3 Å². The van der Waals surface area contributed by atoms with Crippen LogP contribution in [-0.2, 0) is 6.42 Å². The van der Waals surface area contributed by atoms with Crippen molar-refractivity contribution in [3.63, 3.8) is 0 Å². The molecule has 1 aliphatic carbocycles. The highest BCUT2D eigenvalue weighted by Gasteiger charge is 2.24. The van der Waals surface area contributed by atoms with Crippen LogP contribution < -0.4 is 10.5 Å². The van der Waals surface area contributed by atoms with Gasteiger partial charge in [-0.25, -0.2) is 4.39 Å². The molecule has 88 valence electrons. The van der Waals surface area contributed by atoms with Crippen molar-refractivity contribution in [3.05, 3.63) is 29.6 Å². The Morgan fingerprint density at radius 1 is 1.50 bits per heavy atom. The van der Waals surface area contributed by atoms with Crippen molar-refractivity contribution in [1.29, 1.82) is 0 Å². The largest absolute Gasteiger partial charge is 0.494 e. The van der Waals surface area contributed by atoms with Gasteiger partial charge in [-0.15, -0.1) is 0 Å². The van der Waals surface area contributed by atoms with Crippen molar-refractivity contribution in [2.24, 2.45) is 11.7 Å². The van der Waals surface area contributed by atoms with E-state index in [4.69, 9.17) is 10.5 Å². The van der Waals surface area contributed by atoms with Gasteiger partial charge in [0, 0.05) is 6.04 Å². The van der Waals surface area contributed by atoms with E-state index in [1.54, 1.807) is 18.2 Å². The van der Waals surface area contributed by atoms with Crippen molar-refractivity contribution in [3.8, 4) is 5.75 Å². The third kappa shape index (κ3) is 2.73. The zero-order valence-corrected chi connectivity index (χ0v) is 9.58. The quantitative estimate of drug-likeness (QED) is 0.832. The van der Waals surface area contributed by atoms with Gasteiger partial charge in [-0.05, 0) is 30.4 Å². The molecule has 0 radical (unpaired) electrons. The number of hydrogen-bond acceptors (Lipinski definition) is 2. The summed E-state index contributed by atoms with van der Waals surface area (Å²) in [6, 6.07) is 5.28. The number of benzene rings is 1. The van der Waals surface area contributed by atoms with Gasteiger partial charge in [0.25, 0.3) is 0 Å². The first-order valence-electron chi connectivity index (χ1n) is 5.77. The number of methoxy groups -OCH3 is 1. The standard InChI is InChI=1S/C13H18FNO/c1-16-12-4-2-3-10(13(12)14)8-11(15)7-9-5-6-9/h2-4,9,11H,5-8,15H2,1H3. The van der Waals surface area contributed by atoms with Crippen LogP contribution in [0.25, 0.3) is 0 Å². The van der Waals surface area contributed by atoms with Gasteiger partial charge < -0.3 is 10.5 Å². The first-order chi connectivity index (χ1) is 7.70. The normalized spacial score (nSPS) is 17.2. The summed E-state index contributed by atoms with van der Waals surface area (Å²) in [6.45, 7) is 0. The third-order valence-corrected chi connectivity index (χ3v) is 3.08. The van der Waals surface area contributed by atoms with Gasteiger partial charge in [0.2, 0.25) is 0 Å². The molecule has 2 rings (SSSR count). The van der Waals surface area contributed by atoms with Crippen LogP contribution in [0.4, 0.5) is 4.39 Å². The van der Waals surface area contributed by atoms with Crippen LogP contribution >= 0.6 is 0 Å². The Labute approximate surface area is 95.6 Å². The number of hydrogen-bond donors (Lipinski definition) is 1. The highest BCUT2D eigenvalue weighted by Crippen LogP contribution is 2.34. The van der Waals surface area contributed by atoms with Crippen molar-refractivity contribution < 1.29 is 9.13 Å². The molecule has 16 heavy (non-hydrogen) atoms. The molecule has 2 nitrogen and oxygen atoms in total. The summed E-state index contributed by atoms with van der Waals surface area (Å²) in [7, 11) is 1.48. The minimum atomic E-state index is -0.267. The summed E-state index contributed by atoms with van der Waals surface area (Å²) in [5.41, 5.74) is 6.66.